The minimum Gasteiger partial charge on any atom is -0.439 e. The molecule has 5 heteroatoms. The summed E-state index contributed by atoms with van der Waals surface area (Å²) in [5, 5.41) is 2.02. The number of fused-ring (bicyclic) bond motifs is 3. The second-order valence-electron chi connectivity index (χ2n) is 6.40. The van der Waals surface area contributed by atoms with E-state index in [1.165, 1.54) is 0 Å². The van der Waals surface area contributed by atoms with Crippen molar-refractivity contribution in [2.24, 2.45) is 7.05 Å². The molecule has 0 saturated carbocycles. The smallest absolute Gasteiger partial charge is 0.405 e. The van der Waals surface area contributed by atoms with E-state index in [0.717, 1.165) is 33.1 Å². The van der Waals surface area contributed by atoms with E-state index in [0.29, 0.717) is 11.3 Å². The van der Waals surface area contributed by atoms with E-state index in [4.69, 9.17) is 8.53 Å². The van der Waals surface area contributed by atoms with Gasteiger partial charge in [0.15, 0.2) is 0 Å². The second-order valence-corrected chi connectivity index (χ2v) is 6.40. The fraction of sp³-hybridized carbons (Fsp3) is 0.263. The first-order valence-corrected chi connectivity index (χ1v) is 8.05. The molecule has 0 fully saturated rings. The predicted octanol–water partition coefficient (Wildman–Crippen LogP) is 1.86. The Morgan fingerprint density at radius 1 is 1.33 bits per heavy atom. The van der Waals surface area contributed by atoms with Gasteiger partial charge in [-0.3, -0.25) is 4.81 Å². The zero-order valence-electron chi connectivity index (χ0n) is 17.3. The van der Waals surface area contributed by atoms with Crippen molar-refractivity contribution in [3.63, 3.8) is 0 Å². The minimum atomic E-state index is -2.13. The normalized spacial score (nSPS) is 16.5. The molecule has 0 radical (unpaired) electrons. The highest BCUT2D eigenvalue weighted by atomic mass is 16.3. The summed E-state index contributed by atoms with van der Waals surface area (Å²) in [7, 11) is 1.88. The molecule has 0 atom stereocenters. The highest BCUT2D eigenvalue weighted by Gasteiger charge is 2.33. The van der Waals surface area contributed by atoms with Gasteiger partial charge in [0.05, 0.1) is 29.5 Å². The van der Waals surface area contributed by atoms with E-state index in [1.807, 2.05) is 36.7 Å². The van der Waals surface area contributed by atoms with Crippen LogP contribution in [0.1, 0.15) is 22.2 Å². The van der Waals surface area contributed by atoms with Crippen LogP contribution >= 0.6 is 0 Å². The van der Waals surface area contributed by atoms with Gasteiger partial charge in [0, 0.05) is 16.4 Å². The van der Waals surface area contributed by atoms with E-state index in [1.54, 1.807) is 12.4 Å². The summed E-state index contributed by atoms with van der Waals surface area (Å²) in [5.41, 5.74) is 3.66. The molecular formula is C19H21BN3O+. The Hall–Kier alpha value is -2.56. The molecule has 0 amide bonds. The van der Waals surface area contributed by atoms with Crippen LogP contribution in [0.25, 0.3) is 22.8 Å². The van der Waals surface area contributed by atoms with Crippen molar-refractivity contribution in [2.45, 2.75) is 27.5 Å². The quantitative estimate of drug-likeness (QED) is 0.507. The largest absolute Gasteiger partial charge is 0.439 e. The van der Waals surface area contributed by atoms with Gasteiger partial charge >= 0.3 is 6.85 Å². The molecular weight excluding hydrogens is 297 g/mol. The molecule has 0 aliphatic carbocycles. The molecule has 4 rings (SSSR count). The van der Waals surface area contributed by atoms with Crippen molar-refractivity contribution in [3.8, 4) is 0 Å². The molecule has 3 aromatic heterocycles. The van der Waals surface area contributed by atoms with Crippen LogP contribution in [0.3, 0.4) is 0 Å². The molecule has 0 bridgehead atoms. The Labute approximate surface area is 146 Å². The predicted molar refractivity (Wildman–Crippen MR) is 98.0 cm³/mol. The standard InChI is InChI=1S/C19H21BN3O/c1-12-9-17(22(5)11-13(12)2)23-14(3)18-15-7-6-8-21-19(15)24-16(18)10-20(23)4/h6-11H,1-5H3/q+1/i2D3. The van der Waals surface area contributed by atoms with Crippen LogP contribution in [-0.4, -0.2) is 11.8 Å². The van der Waals surface area contributed by atoms with E-state index >= 15 is 0 Å². The van der Waals surface area contributed by atoms with Gasteiger partial charge in [-0.25, -0.2) is 9.55 Å². The number of furan rings is 1. The van der Waals surface area contributed by atoms with Crippen LogP contribution in [-0.2, 0) is 7.05 Å². The van der Waals surface area contributed by atoms with Gasteiger partial charge in [0.25, 0.3) is 5.82 Å². The average molecular weight is 321 g/mol. The number of aromatic nitrogens is 2. The highest BCUT2D eigenvalue weighted by molar-refractivity contribution is 6.77. The maximum absolute atomic E-state index is 7.75. The molecule has 0 spiro atoms. The maximum atomic E-state index is 7.75. The summed E-state index contributed by atoms with van der Waals surface area (Å²) in [4.78, 5) is 6.54. The molecule has 0 saturated heterocycles. The summed E-state index contributed by atoms with van der Waals surface area (Å²) in [6.45, 7) is 3.94. The Morgan fingerprint density at radius 3 is 2.96 bits per heavy atom. The summed E-state index contributed by atoms with van der Waals surface area (Å²) in [6, 6.07) is 5.86. The Balaban J connectivity index is 1.97. The van der Waals surface area contributed by atoms with Crippen LogP contribution in [0.15, 0.2) is 35.0 Å². The molecule has 1 aliphatic rings. The van der Waals surface area contributed by atoms with E-state index in [9.17, 15) is 0 Å². The summed E-state index contributed by atoms with van der Waals surface area (Å²) in [6.07, 6.45) is 3.44. The molecule has 24 heavy (non-hydrogen) atoms. The number of rotatable bonds is 1. The van der Waals surface area contributed by atoms with E-state index in [2.05, 4.69) is 29.5 Å². The van der Waals surface area contributed by atoms with Gasteiger partial charge < -0.3 is 4.42 Å². The van der Waals surface area contributed by atoms with Gasteiger partial charge in [0.2, 0.25) is 5.71 Å². The van der Waals surface area contributed by atoms with Crippen LogP contribution in [0.2, 0.25) is 6.82 Å². The number of hydrogen-bond acceptors (Lipinski definition) is 3. The fourth-order valence-electron chi connectivity index (χ4n) is 3.52. The summed E-state index contributed by atoms with van der Waals surface area (Å²) in [5.74, 6) is 3.02. The fourth-order valence-corrected chi connectivity index (χ4v) is 3.52. The molecule has 120 valence electrons. The molecule has 0 N–H and O–H groups in total. The highest BCUT2D eigenvalue weighted by Crippen LogP contribution is 2.22. The minimum absolute atomic E-state index is 0.0577. The first-order valence-electron chi connectivity index (χ1n) is 9.55. The van der Waals surface area contributed by atoms with Crippen molar-refractivity contribution in [1.29, 1.82) is 0 Å². The summed E-state index contributed by atoms with van der Waals surface area (Å²) >= 11 is 0. The van der Waals surface area contributed by atoms with Crippen LogP contribution in [0.4, 0.5) is 5.82 Å². The number of hydrogen-bond donors (Lipinski definition) is 0. The van der Waals surface area contributed by atoms with Gasteiger partial charge in [0.1, 0.15) is 5.42 Å². The van der Waals surface area contributed by atoms with Gasteiger partial charge in [-0.2, -0.15) is 0 Å². The van der Waals surface area contributed by atoms with E-state index in [-0.39, 0.29) is 6.85 Å². The zero-order chi connectivity index (χ0) is 19.5. The first-order chi connectivity index (χ1) is 12.7. The maximum Gasteiger partial charge on any atom is 0.405 e. The van der Waals surface area contributed by atoms with Crippen LogP contribution in [0.5, 0.6) is 0 Å². The van der Waals surface area contributed by atoms with Gasteiger partial charge in [-0.1, -0.05) is 0 Å². The molecule has 1 aliphatic heterocycles. The third-order valence-corrected chi connectivity index (χ3v) is 4.72. The Bertz CT molecular complexity index is 1180. The number of nitrogens with zero attached hydrogens (tertiary/aromatic N) is 3. The van der Waals surface area contributed by atoms with Crippen molar-refractivity contribution in [3.05, 3.63) is 52.4 Å². The SMILES string of the molecule is [2H]C([2H])([2H])c1c[n+](C)c(N2B(C)C=c3oc4ncccc4c3=C2C)cc1C. The average Bonchev–Trinajstić information content (AvgIpc) is 2.94. The molecule has 0 aromatic carbocycles. The Morgan fingerprint density at radius 2 is 2.17 bits per heavy atom. The van der Waals surface area contributed by atoms with E-state index < -0.39 is 6.85 Å². The monoisotopic (exact) mass is 321 g/mol. The third kappa shape index (κ3) is 2.08. The van der Waals surface area contributed by atoms with Gasteiger partial charge in [-0.05, 0) is 56.8 Å². The van der Waals surface area contributed by atoms with Gasteiger partial charge in [-0.15, -0.1) is 0 Å². The lowest BCUT2D eigenvalue weighted by atomic mass is 9.61. The molecule has 3 aromatic rings. The molecule has 4 heterocycles. The number of anilines is 1. The zero-order valence-corrected chi connectivity index (χ0v) is 14.3. The van der Waals surface area contributed by atoms with Crippen molar-refractivity contribution in [1.82, 2.24) is 4.98 Å². The lowest BCUT2D eigenvalue weighted by Crippen LogP contribution is -2.50. The first kappa shape index (κ1) is 11.9. The summed E-state index contributed by atoms with van der Waals surface area (Å²) < 4.78 is 31.1. The topological polar surface area (TPSA) is 33.2 Å². The second kappa shape index (κ2) is 5.23. The van der Waals surface area contributed by atoms with Crippen molar-refractivity contribution in [2.75, 3.05) is 4.81 Å². The molecule has 4 nitrogen and oxygen atoms in total. The van der Waals surface area contributed by atoms with Crippen LogP contribution < -0.4 is 20.0 Å². The third-order valence-electron chi connectivity index (χ3n) is 4.72. The van der Waals surface area contributed by atoms with Crippen molar-refractivity contribution < 1.29 is 13.1 Å². The molecule has 0 unspecified atom stereocenters. The number of aryl methyl sites for hydroxylation is 3. The lowest BCUT2D eigenvalue weighted by Gasteiger charge is -2.24. The Kier molecular flexibility index (Phi) is 2.59. The lowest BCUT2D eigenvalue weighted by molar-refractivity contribution is -0.658. The van der Waals surface area contributed by atoms with Crippen molar-refractivity contribution >= 4 is 35.4 Å². The number of pyridine rings is 2. The van der Waals surface area contributed by atoms with Crippen LogP contribution in [0, 0.1) is 13.8 Å².